The number of carbonyl (C=O) groups excluding carboxylic acids is 1. The predicted molar refractivity (Wildman–Crippen MR) is 45.7 cm³/mol. The molecule has 0 aliphatic carbocycles. The molecule has 0 saturated carbocycles. The number of aliphatic hydroxyl groups excluding tert-OH is 1. The van der Waals surface area contributed by atoms with Crippen molar-refractivity contribution in [1.82, 2.24) is 0 Å². The van der Waals surface area contributed by atoms with Crippen molar-refractivity contribution in [3.05, 3.63) is 0 Å². The molecular formula is C7H13BrO3. The van der Waals surface area contributed by atoms with Crippen LogP contribution in [0.1, 0.15) is 19.8 Å². The van der Waals surface area contributed by atoms with Gasteiger partial charge in [0.25, 0.3) is 0 Å². The molecule has 66 valence electrons. The lowest BCUT2D eigenvalue weighted by molar-refractivity contribution is -0.153. The summed E-state index contributed by atoms with van der Waals surface area (Å²) in [5, 5.41) is 9.65. The molecule has 0 aromatic heterocycles. The zero-order chi connectivity index (χ0) is 8.69. The van der Waals surface area contributed by atoms with E-state index in [9.17, 15) is 4.79 Å². The van der Waals surface area contributed by atoms with Gasteiger partial charge in [0, 0.05) is 5.33 Å². The number of alkyl halides is 1. The Bertz CT molecular complexity index is 116. The Balaban J connectivity index is 3.47. The van der Waals surface area contributed by atoms with Crippen molar-refractivity contribution in [1.29, 1.82) is 0 Å². The first-order valence-corrected chi connectivity index (χ1v) is 4.75. The standard InChI is InChI=1S/C7H13BrO3/c1-2-5-11-7(10)6(9)3-4-8/h6,9H,2-5H2,1H3. The second-order valence-corrected chi connectivity index (χ2v) is 2.95. The molecule has 0 aromatic carbocycles. The maximum Gasteiger partial charge on any atom is 0.334 e. The first kappa shape index (κ1) is 10.9. The smallest absolute Gasteiger partial charge is 0.334 e. The summed E-state index contributed by atoms with van der Waals surface area (Å²) >= 11 is 3.12. The number of rotatable bonds is 5. The van der Waals surface area contributed by atoms with Gasteiger partial charge in [0.05, 0.1) is 6.61 Å². The van der Waals surface area contributed by atoms with Crippen molar-refractivity contribution >= 4 is 21.9 Å². The number of esters is 1. The molecule has 1 atom stereocenters. The van der Waals surface area contributed by atoms with Crippen molar-refractivity contribution in [2.45, 2.75) is 25.9 Å². The Morgan fingerprint density at radius 3 is 2.82 bits per heavy atom. The molecule has 1 unspecified atom stereocenters. The molecule has 0 saturated heterocycles. The lowest BCUT2D eigenvalue weighted by atomic mass is 10.3. The molecule has 0 fully saturated rings. The quantitative estimate of drug-likeness (QED) is 0.562. The molecule has 0 aliphatic heterocycles. The van der Waals surface area contributed by atoms with E-state index in [1.54, 1.807) is 0 Å². The maximum atomic E-state index is 10.8. The van der Waals surface area contributed by atoms with Gasteiger partial charge in [-0.2, -0.15) is 0 Å². The summed E-state index contributed by atoms with van der Waals surface area (Å²) in [6, 6.07) is 0. The second kappa shape index (κ2) is 6.61. The Morgan fingerprint density at radius 1 is 1.73 bits per heavy atom. The van der Waals surface area contributed by atoms with Gasteiger partial charge in [-0.25, -0.2) is 4.79 Å². The number of ether oxygens (including phenoxy) is 1. The Hall–Kier alpha value is -0.0900. The normalized spacial score (nSPS) is 12.6. The average molecular weight is 225 g/mol. The highest BCUT2D eigenvalue weighted by atomic mass is 79.9. The monoisotopic (exact) mass is 224 g/mol. The summed E-state index contributed by atoms with van der Waals surface area (Å²) in [4.78, 5) is 10.8. The molecule has 1 N–H and O–H groups in total. The van der Waals surface area contributed by atoms with E-state index in [1.165, 1.54) is 0 Å². The Morgan fingerprint density at radius 2 is 2.36 bits per heavy atom. The molecule has 0 radical (unpaired) electrons. The highest BCUT2D eigenvalue weighted by Gasteiger charge is 2.14. The fourth-order valence-electron chi connectivity index (χ4n) is 0.520. The average Bonchev–Trinajstić information content (AvgIpc) is 2.00. The molecular weight excluding hydrogens is 212 g/mol. The van der Waals surface area contributed by atoms with E-state index in [1.807, 2.05) is 6.92 Å². The van der Waals surface area contributed by atoms with Gasteiger partial charge < -0.3 is 9.84 Å². The number of hydrogen-bond donors (Lipinski definition) is 1. The van der Waals surface area contributed by atoms with Gasteiger partial charge in [-0.15, -0.1) is 0 Å². The molecule has 0 aromatic rings. The molecule has 4 heteroatoms. The van der Waals surface area contributed by atoms with E-state index in [0.717, 1.165) is 6.42 Å². The van der Waals surface area contributed by atoms with E-state index < -0.39 is 12.1 Å². The van der Waals surface area contributed by atoms with E-state index in [0.29, 0.717) is 18.4 Å². The van der Waals surface area contributed by atoms with Crippen LogP contribution in [0.2, 0.25) is 0 Å². The number of carbonyl (C=O) groups is 1. The molecule has 0 heterocycles. The summed E-state index contributed by atoms with van der Waals surface area (Å²) in [6.45, 7) is 2.29. The Labute approximate surface area is 74.9 Å². The van der Waals surface area contributed by atoms with Crippen molar-refractivity contribution in [3.8, 4) is 0 Å². The van der Waals surface area contributed by atoms with Crippen LogP contribution in [-0.2, 0) is 9.53 Å². The first-order chi connectivity index (χ1) is 5.22. The first-order valence-electron chi connectivity index (χ1n) is 3.63. The number of aliphatic hydroxyl groups is 1. The highest BCUT2D eigenvalue weighted by Crippen LogP contribution is 1.98. The molecule has 0 amide bonds. The van der Waals surface area contributed by atoms with Gasteiger partial charge >= 0.3 is 5.97 Å². The van der Waals surface area contributed by atoms with Crippen molar-refractivity contribution in [2.24, 2.45) is 0 Å². The topological polar surface area (TPSA) is 46.5 Å². The van der Waals surface area contributed by atoms with Gasteiger partial charge in [0.15, 0.2) is 6.10 Å². The minimum absolute atomic E-state index is 0.387. The third kappa shape index (κ3) is 5.21. The van der Waals surface area contributed by atoms with Crippen LogP contribution < -0.4 is 0 Å². The zero-order valence-electron chi connectivity index (χ0n) is 6.55. The third-order valence-corrected chi connectivity index (χ3v) is 1.56. The van der Waals surface area contributed by atoms with E-state index in [4.69, 9.17) is 9.84 Å². The van der Waals surface area contributed by atoms with E-state index in [-0.39, 0.29) is 0 Å². The van der Waals surface area contributed by atoms with Crippen LogP contribution in [0.4, 0.5) is 0 Å². The molecule has 0 bridgehead atoms. The lowest BCUT2D eigenvalue weighted by Crippen LogP contribution is -2.23. The van der Waals surface area contributed by atoms with Crippen molar-refractivity contribution in [2.75, 3.05) is 11.9 Å². The highest BCUT2D eigenvalue weighted by molar-refractivity contribution is 9.09. The summed E-state index contributed by atoms with van der Waals surface area (Å²) in [6.07, 6.45) is 0.218. The SMILES string of the molecule is CCCOC(=O)C(O)CCBr. The van der Waals surface area contributed by atoms with Gasteiger partial charge in [-0.05, 0) is 12.8 Å². The largest absolute Gasteiger partial charge is 0.464 e. The van der Waals surface area contributed by atoms with Gasteiger partial charge in [-0.3, -0.25) is 0 Å². The maximum absolute atomic E-state index is 10.8. The third-order valence-electron chi connectivity index (χ3n) is 1.10. The van der Waals surface area contributed by atoms with Crippen LogP contribution >= 0.6 is 15.9 Å². The minimum atomic E-state index is -0.971. The molecule has 0 rings (SSSR count). The molecule has 3 nitrogen and oxygen atoms in total. The summed E-state index contributed by atoms with van der Waals surface area (Å²) in [5.41, 5.74) is 0. The van der Waals surface area contributed by atoms with Crippen LogP contribution in [0.15, 0.2) is 0 Å². The predicted octanol–water partition coefficient (Wildman–Crippen LogP) is 1.09. The van der Waals surface area contributed by atoms with Crippen LogP contribution in [0.3, 0.4) is 0 Å². The number of hydrogen-bond acceptors (Lipinski definition) is 3. The summed E-state index contributed by atoms with van der Waals surface area (Å²) < 4.78 is 4.70. The second-order valence-electron chi connectivity index (χ2n) is 2.16. The van der Waals surface area contributed by atoms with Gasteiger partial charge in [-0.1, -0.05) is 22.9 Å². The van der Waals surface area contributed by atoms with Crippen molar-refractivity contribution < 1.29 is 14.6 Å². The fraction of sp³-hybridized carbons (Fsp3) is 0.857. The lowest BCUT2D eigenvalue weighted by Gasteiger charge is -2.07. The molecule has 0 spiro atoms. The summed E-state index contributed by atoms with van der Waals surface area (Å²) in [5.74, 6) is -0.522. The van der Waals surface area contributed by atoms with E-state index in [2.05, 4.69) is 15.9 Å². The summed E-state index contributed by atoms with van der Waals surface area (Å²) in [7, 11) is 0. The van der Waals surface area contributed by atoms with Crippen molar-refractivity contribution in [3.63, 3.8) is 0 Å². The zero-order valence-corrected chi connectivity index (χ0v) is 8.13. The number of halogens is 1. The minimum Gasteiger partial charge on any atom is -0.464 e. The Kier molecular flexibility index (Phi) is 6.56. The molecule has 11 heavy (non-hydrogen) atoms. The fourth-order valence-corrected chi connectivity index (χ4v) is 0.954. The van der Waals surface area contributed by atoms with Gasteiger partial charge in [0.2, 0.25) is 0 Å². The molecule has 0 aliphatic rings. The van der Waals surface area contributed by atoms with Crippen LogP contribution in [-0.4, -0.2) is 29.1 Å². The van der Waals surface area contributed by atoms with E-state index >= 15 is 0 Å². The van der Waals surface area contributed by atoms with Crippen LogP contribution in [0.25, 0.3) is 0 Å². The van der Waals surface area contributed by atoms with Crippen LogP contribution in [0, 0.1) is 0 Å². The van der Waals surface area contributed by atoms with Crippen LogP contribution in [0.5, 0.6) is 0 Å². The van der Waals surface area contributed by atoms with Gasteiger partial charge in [0.1, 0.15) is 0 Å².